The molecule has 0 spiro atoms. The van der Waals surface area contributed by atoms with Crippen molar-refractivity contribution in [2.24, 2.45) is 0 Å². The topological polar surface area (TPSA) is 75.7 Å². The zero-order chi connectivity index (χ0) is 23.1. The molecule has 0 heterocycles. The highest BCUT2D eigenvalue weighted by Gasteiger charge is 2.23. The second-order valence-corrected chi connectivity index (χ2v) is 9.39. The Morgan fingerprint density at radius 3 is 2.31 bits per heavy atom. The first-order chi connectivity index (χ1) is 15.4. The zero-order valence-electron chi connectivity index (χ0n) is 18.5. The predicted octanol–water partition coefficient (Wildman–Crippen LogP) is 4.44. The monoisotopic (exact) mass is 452 g/mol. The van der Waals surface area contributed by atoms with Gasteiger partial charge in [0, 0.05) is 25.1 Å². The summed E-state index contributed by atoms with van der Waals surface area (Å²) in [4.78, 5) is 12.8. The van der Waals surface area contributed by atoms with E-state index in [2.05, 4.69) is 12.2 Å². The van der Waals surface area contributed by atoms with Crippen LogP contribution in [0.25, 0.3) is 0 Å². The maximum absolute atomic E-state index is 13.1. The lowest BCUT2D eigenvalue weighted by Crippen LogP contribution is -2.29. The lowest BCUT2D eigenvalue weighted by atomic mass is 9.96. The fraction of sp³-hybridized carbons (Fsp3) is 0.240. The molecule has 0 saturated heterocycles. The van der Waals surface area contributed by atoms with Crippen LogP contribution in [-0.2, 0) is 10.0 Å². The molecule has 0 aliphatic rings. The molecule has 3 aromatic carbocycles. The van der Waals surface area contributed by atoms with Crippen molar-refractivity contribution in [2.75, 3.05) is 25.0 Å². The minimum Gasteiger partial charge on any atom is -0.497 e. The first-order valence-electron chi connectivity index (χ1n) is 10.4. The molecule has 1 amide bonds. The van der Waals surface area contributed by atoms with Crippen LogP contribution in [-0.4, -0.2) is 35.0 Å². The number of rotatable bonds is 9. The van der Waals surface area contributed by atoms with Crippen LogP contribution in [0, 0.1) is 0 Å². The number of benzene rings is 3. The molecule has 0 saturated carbocycles. The predicted molar refractivity (Wildman–Crippen MR) is 127 cm³/mol. The van der Waals surface area contributed by atoms with E-state index in [1.807, 2.05) is 30.3 Å². The first-order valence-corrected chi connectivity index (χ1v) is 11.9. The maximum Gasteiger partial charge on any atom is 0.264 e. The van der Waals surface area contributed by atoms with E-state index in [0.29, 0.717) is 23.5 Å². The highest BCUT2D eigenvalue weighted by atomic mass is 32.2. The number of anilines is 1. The molecule has 0 aliphatic carbocycles. The van der Waals surface area contributed by atoms with Gasteiger partial charge in [-0.15, -0.1) is 0 Å². The van der Waals surface area contributed by atoms with Gasteiger partial charge in [0.15, 0.2) is 0 Å². The molecule has 0 fully saturated rings. The van der Waals surface area contributed by atoms with E-state index in [4.69, 9.17) is 4.74 Å². The van der Waals surface area contributed by atoms with Crippen LogP contribution >= 0.6 is 0 Å². The highest BCUT2D eigenvalue weighted by molar-refractivity contribution is 7.92. The van der Waals surface area contributed by atoms with Gasteiger partial charge in [-0.1, -0.05) is 43.3 Å². The summed E-state index contributed by atoms with van der Waals surface area (Å²) < 4.78 is 32.6. The smallest absolute Gasteiger partial charge is 0.264 e. The zero-order valence-corrected chi connectivity index (χ0v) is 19.3. The largest absolute Gasteiger partial charge is 0.497 e. The van der Waals surface area contributed by atoms with Gasteiger partial charge in [-0.2, -0.15) is 0 Å². The number of ether oxygens (including phenoxy) is 1. The second kappa shape index (κ2) is 10.3. The van der Waals surface area contributed by atoms with Crippen molar-refractivity contribution in [3.8, 4) is 5.75 Å². The SMILES string of the molecule is CCC(CNC(=O)c1cccc(S(=O)(=O)N(C)c2ccc(OC)cc2)c1)c1ccccc1. The summed E-state index contributed by atoms with van der Waals surface area (Å²) >= 11 is 0. The van der Waals surface area contributed by atoms with Gasteiger partial charge in [-0.05, 0) is 54.4 Å². The van der Waals surface area contributed by atoms with Crippen LogP contribution in [0.4, 0.5) is 5.69 Å². The molecular formula is C25H28N2O4S. The summed E-state index contributed by atoms with van der Waals surface area (Å²) in [6.45, 7) is 2.55. The molecule has 1 unspecified atom stereocenters. The van der Waals surface area contributed by atoms with Crippen molar-refractivity contribution in [1.29, 1.82) is 0 Å². The minimum absolute atomic E-state index is 0.0542. The average Bonchev–Trinajstić information content (AvgIpc) is 2.84. The number of amides is 1. The number of nitrogens with zero attached hydrogens (tertiary/aromatic N) is 1. The van der Waals surface area contributed by atoms with Crippen LogP contribution in [0.15, 0.2) is 83.8 Å². The quantitative estimate of drug-likeness (QED) is 0.521. The summed E-state index contributed by atoms with van der Waals surface area (Å²) in [7, 11) is -0.802. The number of nitrogens with one attached hydrogen (secondary N) is 1. The number of sulfonamides is 1. The van der Waals surface area contributed by atoms with Gasteiger partial charge in [0.1, 0.15) is 5.75 Å². The first kappa shape index (κ1) is 23.3. The fourth-order valence-corrected chi connectivity index (χ4v) is 4.67. The van der Waals surface area contributed by atoms with Crippen molar-refractivity contribution in [3.05, 3.63) is 90.0 Å². The molecule has 32 heavy (non-hydrogen) atoms. The Morgan fingerprint density at radius 1 is 1.00 bits per heavy atom. The second-order valence-electron chi connectivity index (χ2n) is 7.42. The molecule has 3 aromatic rings. The Balaban J connectivity index is 1.75. The Hall–Kier alpha value is -3.32. The van der Waals surface area contributed by atoms with Gasteiger partial charge < -0.3 is 10.1 Å². The van der Waals surface area contributed by atoms with E-state index >= 15 is 0 Å². The standard InChI is InChI=1S/C25H28N2O4S/c1-4-19(20-9-6-5-7-10-20)18-26-25(28)21-11-8-12-24(17-21)32(29,30)27(2)22-13-15-23(31-3)16-14-22/h5-17,19H,4,18H2,1-3H3,(H,26,28). The Bertz CT molecular complexity index is 1150. The molecular weight excluding hydrogens is 424 g/mol. The minimum atomic E-state index is -3.83. The van der Waals surface area contributed by atoms with Crippen LogP contribution in [0.2, 0.25) is 0 Å². The van der Waals surface area contributed by atoms with Crippen LogP contribution in [0.5, 0.6) is 5.75 Å². The normalized spacial score (nSPS) is 12.1. The summed E-state index contributed by atoms with van der Waals surface area (Å²) in [6, 6.07) is 22.8. The van der Waals surface area contributed by atoms with Crippen molar-refractivity contribution >= 4 is 21.6 Å². The molecule has 0 aromatic heterocycles. The number of hydrogen-bond acceptors (Lipinski definition) is 4. The summed E-state index contributed by atoms with van der Waals surface area (Å²) in [5, 5.41) is 2.94. The molecule has 0 aliphatic heterocycles. The maximum atomic E-state index is 13.1. The van der Waals surface area contributed by atoms with E-state index in [1.54, 1.807) is 43.5 Å². The number of carbonyl (C=O) groups excluding carboxylic acids is 1. The van der Waals surface area contributed by atoms with E-state index in [1.165, 1.54) is 23.5 Å². The van der Waals surface area contributed by atoms with E-state index < -0.39 is 10.0 Å². The molecule has 0 radical (unpaired) electrons. The van der Waals surface area contributed by atoms with Gasteiger partial charge in [0.2, 0.25) is 0 Å². The molecule has 168 valence electrons. The van der Waals surface area contributed by atoms with Crippen LogP contribution < -0.4 is 14.4 Å². The molecule has 1 atom stereocenters. The van der Waals surface area contributed by atoms with Crippen molar-refractivity contribution in [3.63, 3.8) is 0 Å². The Kier molecular flexibility index (Phi) is 7.53. The molecule has 6 nitrogen and oxygen atoms in total. The third-order valence-electron chi connectivity index (χ3n) is 5.46. The van der Waals surface area contributed by atoms with Gasteiger partial charge in [0.05, 0.1) is 17.7 Å². The van der Waals surface area contributed by atoms with Gasteiger partial charge >= 0.3 is 0 Å². The van der Waals surface area contributed by atoms with Crippen molar-refractivity contribution < 1.29 is 17.9 Å². The van der Waals surface area contributed by atoms with E-state index in [0.717, 1.165) is 12.0 Å². The highest BCUT2D eigenvalue weighted by Crippen LogP contribution is 2.25. The third kappa shape index (κ3) is 5.29. The van der Waals surface area contributed by atoms with Crippen LogP contribution in [0.1, 0.15) is 35.2 Å². The fourth-order valence-electron chi connectivity index (χ4n) is 3.43. The molecule has 0 bridgehead atoms. The third-order valence-corrected chi connectivity index (χ3v) is 7.24. The van der Waals surface area contributed by atoms with E-state index in [-0.39, 0.29) is 16.7 Å². The Labute approximate surface area is 189 Å². The van der Waals surface area contributed by atoms with Gasteiger partial charge in [-0.3, -0.25) is 9.10 Å². The van der Waals surface area contributed by atoms with E-state index in [9.17, 15) is 13.2 Å². The van der Waals surface area contributed by atoms with Crippen molar-refractivity contribution in [1.82, 2.24) is 5.32 Å². The van der Waals surface area contributed by atoms with Crippen LogP contribution in [0.3, 0.4) is 0 Å². The summed E-state index contributed by atoms with van der Waals surface area (Å²) in [5.74, 6) is 0.524. The van der Waals surface area contributed by atoms with Gasteiger partial charge in [0.25, 0.3) is 15.9 Å². The molecule has 1 N–H and O–H groups in total. The molecule has 3 rings (SSSR count). The lowest BCUT2D eigenvalue weighted by molar-refractivity contribution is 0.0950. The van der Waals surface area contributed by atoms with Gasteiger partial charge in [-0.25, -0.2) is 8.42 Å². The molecule has 7 heteroatoms. The summed E-state index contributed by atoms with van der Waals surface area (Å²) in [5.41, 5.74) is 1.96. The lowest BCUT2D eigenvalue weighted by Gasteiger charge is -2.20. The number of carbonyl (C=O) groups is 1. The average molecular weight is 453 g/mol. The number of hydrogen-bond donors (Lipinski definition) is 1. The van der Waals surface area contributed by atoms with Crippen molar-refractivity contribution in [2.45, 2.75) is 24.2 Å². The number of methoxy groups -OCH3 is 1. The summed E-state index contributed by atoms with van der Waals surface area (Å²) in [6.07, 6.45) is 0.880. The Morgan fingerprint density at radius 2 is 1.69 bits per heavy atom.